The van der Waals surface area contributed by atoms with Gasteiger partial charge < -0.3 is 14.3 Å². The summed E-state index contributed by atoms with van der Waals surface area (Å²) in [7, 11) is 1.67. The molecule has 6 nitrogen and oxygen atoms in total. The van der Waals surface area contributed by atoms with Crippen molar-refractivity contribution < 1.29 is 14.3 Å². The normalized spacial score (nSPS) is 19.1. The zero-order chi connectivity index (χ0) is 18.4. The lowest BCUT2D eigenvalue weighted by atomic mass is 10.1. The molecule has 142 valence electrons. The number of methoxy groups -OCH3 is 1. The average Bonchev–Trinajstić information content (AvgIpc) is 3.05. The van der Waals surface area contributed by atoms with Gasteiger partial charge in [-0.2, -0.15) is 0 Å². The first kappa shape index (κ1) is 19.0. The Labute approximate surface area is 155 Å². The molecule has 2 aromatic rings. The van der Waals surface area contributed by atoms with Crippen LogP contribution in [0.25, 0.3) is 0 Å². The Bertz CT molecular complexity index is 688. The predicted octanol–water partition coefficient (Wildman–Crippen LogP) is 2.20. The van der Waals surface area contributed by atoms with E-state index in [0.717, 1.165) is 62.1 Å². The van der Waals surface area contributed by atoms with E-state index in [2.05, 4.69) is 26.9 Å². The van der Waals surface area contributed by atoms with E-state index in [1.807, 2.05) is 25.1 Å². The highest BCUT2D eigenvalue weighted by molar-refractivity contribution is 5.10. The SMILES string of the molecule is COCc1ccc(CN2CCN(Cc3cccc(C)n3)C(CCO)C2)o1. The van der Waals surface area contributed by atoms with Gasteiger partial charge in [-0.05, 0) is 37.6 Å². The number of rotatable bonds is 8. The van der Waals surface area contributed by atoms with E-state index < -0.39 is 0 Å². The Morgan fingerprint density at radius 2 is 2.04 bits per heavy atom. The second-order valence-electron chi connectivity index (χ2n) is 6.94. The molecule has 0 radical (unpaired) electrons. The number of pyridine rings is 1. The highest BCUT2D eigenvalue weighted by Gasteiger charge is 2.27. The van der Waals surface area contributed by atoms with Crippen molar-refractivity contribution in [3.63, 3.8) is 0 Å². The van der Waals surface area contributed by atoms with Crippen LogP contribution in [-0.2, 0) is 24.4 Å². The smallest absolute Gasteiger partial charge is 0.129 e. The van der Waals surface area contributed by atoms with Crippen molar-refractivity contribution in [2.75, 3.05) is 33.4 Å². The summed E-state index contributed by atoms with van der Waals surface area (Å²) in [4.78, 5) is 9.46. The van der Waals surface area contributed by atoms with Gasteiger partial charge in [0.2, 0.25) is 0 Å². The third-order valence-electron chi connectivity index (χ3n) is 4.85. The Morgan fingerprint density at radius 1 is 1.19 bits per heavy atom. The lowest BCUT2D eigenvalue weighted by Gasteiger charge is -2.41. The molecule has 1 fully saturated rings. The van der Waals surface area contributed by atoms with Crippen LogP contribution in [-0.4, -0.2) is 59.3 Å². The van der Waals surface area contributed by atoms with E-state index in [9.17, 15) is 5.11 Å². The second kappa shape index (κ2) is 9.28. The Balaban J connectivity index is 1.59. The molecule has 0 spiro atoms. The molecule has 0 bridgehead atoms. The minimum Gasteiger partial charge on any atom is -0.462 e. The Kier molecular flexibility index (Phi) is 6.80. The molecule has 1 N–H and O–H groups in total. The topological polar surface area (TPSA) is 62.0 Å². The average molecular weight is 359 g/mol. The van der Waals surface area contributed by atoms with Gasteiger partial charge in [-0.3, -0.25) is 14.8 Å². The number of ether oxygens (including phenoxy) is 1. The summed E-state index contributed by atoms with van der Waals surface area (Å²) in [5.74, 6) is 1.83. The number of furan rings is 1. The first-order valence-electron chi connectivity index (χ1n) is 9.24. The number of hydrogen-bond acceptors (Lipinski definition) is 6. The number of piperazine rings is 1. The van der Waals surface area contributed by atoms with E-state index in [0.29, 0.717) is 12.6 Å². The van der Waals surface area contributed by atoms with Gasteiger partial charge in [-0.25, -0.2) is 0 Å². The molecule has 3 heterocycles. The van der Waals surface area contributed by atoms with Crippen molar-refractivity contribution in [1.82, 2.24) is 14.8 Å². The highest BCUT2D eigenvalue weighted by Crippen LogP contribution is 2.19. The molecule has 6 heteroatoms. The van der Waals surface area contributed by atoms with Crippen LogP contribution in [0.1, 0.15) is 29.3 Å². The maximum Gasteiger partial charge on any atom is 0.129 e. The van der Waals surface area contributed by atoms with Crippen LogP contribution in [0, 0.1) is 6.92 Å². The van der Waals surface area contributed by atoms with Crippen molar-refractivity contribution in [1.29, 1.82) is 0 Å². The summed E-state index contributed by atoms with van der Waals surface area (Å²) >= 11 is 0. The van der Waals surface area contributed by atoms with Crippen molar-refractivity contribution in [2.24, 2.45) is 0 Å². The van der Waals surface area contributed by atoms with Crippen molar-refractivity contribution in [3.05, 3.63) is 53.2 Å². The molecule has 26 heavy (non-hydrogen) atoms. The molecule has 0 saturated carbocycles. The van der Waals surface area contributed by atoms with Gasteiger partial charge in [0.15, 0.2) is 0 Å². The third-order valence-corrected chi connectivity index (χ3v) is 4.85. The zero-order valence-electron chi connectivity index (χ0n) is 15.7. The van der Waals surface area contributed by atoms with Crippen molar-refractivity contribution in [3.8, 4) is 0 Å². The second-order valence-corrected chi connectivity index (χ2v) is 6.94. The first-order valence-corrected chi connectivity index (χ1v) is 9.24. The number of nitrogens with zero attached hydrogens (tertiary/aromatic N) is 3. The summed E-state index contributed by atoms with van der Waals surface area (Å²) in [6, 6.07) is 10.5. The standard InChI is InChI=1S/C20H29N3O3/c1-16-4-3-5-17(21-16)12-23-10-9-22(13-18(23)8-11-24)14-19-6-7-20(26-19)15-25-2/h3-7,18,24H,8-15H2,1-2H3. The molecule has 3 rings (SSSR count). The maximum absolute atomic E-state index is 9.49. The largest absolute Gasteiger partial charge is 0.462 e. The first-order chi connectivity index (χ1) is 12.7. The zero-order valence-corrected chi connectivity index (χ0v) is 15.7. The van der Waals surface area contributed by atoms with Gasteiger partial charge in [-0.15, -0.1) is 0 Å². The quantitative estimate of drug-likeness (QED) is 0.780. The van der Waals surface area contributed by atoms with E-state index >= 15 is 0 Å². The van der Waals surface area contributed by atoms with E-state index in [4.69, 9.17) is 9.15 Å². The van der Waals surface area contributed by atoms with Crippen LogP contribution < -0.4 is 0 Å². The minimum absolute atomic E-state index is 0.203. The number of aryl methyl sites for hydroxylation is 1. The number of aliphatic hydroxyl groups excluding tert-OH is 1. The molecule has 1 aliphatic heterocycles. The molecule has 1 atom stereocenters. The summed E-state index contributed by atoms with van der Waals surface area (Å²) in [6.07, 6.45) is 0.773. The molecule has 1 aliphatic rings. The van der Waals surface area contributed by atoms with E-state index in [1.54, 1.807) is 7.11 Å². The maximum atomic E-state index is 9.49. The lowest BCUT2D eigenvalue weighted by molar-refractivity contribution is 0.0454. The Hall–Kier alpha value is -1.73. The molecular formula is C20H29N3O3. The monoisotopic (exact) mass is 359 g/mol. The minimum atomic E-state index is 0.203. The third kappa shape index (κ3) is 5.14. The molecule has 0 amide bonds. The fraction of sp³-hybridized carbons (Fsp3) is 0.550. The molecule has 0 aliphatic carbocycles. The van der Waals surface area contributed by atoms with Crippen molar-refractivity contribution in [2.45, 2.75) is 39.1 Å². The fourth-order valence-corrected chi connectivity index (χ4v) is 3.58. The van der Waals surface area contributed by atoms with Gasteiger partial charge in [-0.1, -0.05) is 6.07 Å². The van der Waals surface area contributed by atoms with Gasteiger partial charge in [0.1, 0.15) is 18.1 Å². The summed E-state index contributed by atoms with van der Waals surface area (Å²) in [5.41, 5.74) is 2.14. The summed E-state index contributed by atoms with van der Waals surface area (Å²) in [6.45, 7) is 7.22. The van der Waals surface area contributed by atoms with Crippen LogP contribution >= 0.6 is 0 Å². The van der Waals surface area contributed by atoms with E-state index in [-0.39, 0.29) is 6.61 Å². The van der Waals surface area contributed by atoms with Crippen LogP contribution in [0.3, 0.4) is 0 Å². The van der Waals surface area contributed by atoms with E-state index in [1.165, 1.54) is 0 Å². The van der Waals surface area contributed by atoms with Gasteiger partial charge in [0, 0.05) is 51.6 Å². The molecule has 1 unspecified atom stereocenters. The molecule has 1 saturated heterocycles. The fourth-order valence-electron chi connectivity index (χ4n) is 3.58. The number of hydrogen-bond donors (Lipinski definition) is 1. The molecular weight excluding hydrogens is 330 g/mol. The predicted molar refractivity (Wildman–Crippen MR) is 99.6 cm³/mol. The van der Waals surface area contributed by atoms with Gasteiger partial charge in [0.25, 0.3) is 0 Å². The summed E-state index contributed by atoms with van der Waals surface area (Å²) in [5, 5.41) is 9.49. The summed E-state index contributed by atoms with van der Waals surface area (Å²) < 4.78 is 10.9. The molecule has 2 aromatic heterocycles. The highest BCUT2D eigenvalue weighted by atomic mass is 16.5. The number of aliphatic hydroxyl groups is 1. The number of aromatic nitrogens is 1. The van der Waals surface area contributed by atoms with Gasteiger partial charge >= 0.3 is 0 Å². The molecule has 0 aromatic carbocycles. The van der Waals surface area contributed by atoms with Crippen LogP contribution in [0.15, 0.2) is 34.7 Å². The van der Waals surface area contributed by atoms with Crippen LogP contribution in [0.2, 0.25) is 0 Å². The lowest BCUT2D eigenvalue weighted by Crippen LogP contribution is -2.52. The van der Waals surface area contributed by atoms with Crippen molar-refractivity contribution >= 4 is 0 Å². The van der Waals surface area contributed by atoms with Crippen LogP contribution in [0.5, 0.6) is 0 Å². The van der Waals surface area contributed by atoms with Crippen LogP contribution in [0.4, 0.5) is 0 Å². The Morgan fingerprint density at radius 3 is 2.81 bits per heavy atom. The van der Waals surface area contributed by atoms with Gasteiger partial charge in [0.05, 0.1) is 12.2 Å².